The molecule has 0 bridgehead atoms. The summed E-state index contributed by atoms with van der Waals surface area (Å²) in [5.41, 5.74) is 0. The number of thiophene rings is 1. The molecule has 2 rings (SSSR count). The molecule has 4 heteroatoms. The van der Waals surface area contributed by atoms with E-state index in [4.69, 9.17) is 4.74 Å². The Morgan fingerprint density at radius 2 is 1.95 bits per heavy atom. The van der Waals surface area contributed by atoms with Gasteiger partial charge in [-0.15, -0.1) is 23.1 Å². The fraction of sp³-hybridized carbons (Fsp3) is 0.333. The molecule has 0 radical (unpaired) electrons. The van der Waals surface area contributed by atoms with Crippen LogP contribution in [0.25, 0.3) is 0 Å². The van der Waals surface area contributed by atoms with E-state index in [9.17, 15) is 0 Å². The van der Waals surface area contributed by atoms with Crippen molar-refractivity contribution in [3.05, 3.63) is 46.2 Å². The molecule has 19 heavy (non-hydrogen) atoms. The second-order valence-corrected chi connectivity index (χ2v) is 6.19. The van der Waals surface area contributed by atoms with Gasteiger partial charge in [0.1, 0.15) is 12.4 Å². The van der Waals surface area contributed by atoms with E-state index in [-0.39, 0.29) is 0 Å². The van der Waals surface area contributed by atoms with Gasteiger partial charge in [0.05, 0.1) is 0 Å². The number of benzene rings is 1. The fourth-order valence-electron chi connectivity index (χ4n) is 1.73. The summed E-state index contributed by atoms with van der Waals surface area (Å²) in [7, 11) is 0. The third-order valence-corrected chi connectivity index (χ3v) is 4.54. The third kappa shape index (κ3) is 4.27. The van der Waals surface area contributed by atoms with E-state index < -0.39 is 0 Å². The highest BCUT2D eigenvalue weighted by Gasteiger charge is 2.04. The number of rotatable bonds is 7. The van der Waals surface area contributed by atoms with E-state index in [2.05, 4.69) is 36.7 Å². The van der Waals surface area contributed by atoms with E-state index in [0.717, 1.165) is 18.8 Å². The van der Waals surface area contributed by atoms with E-state index in [0.29, 0.717) is 6.61 Å². The first-order valence-corrected chi connectivity index (χ1v) is 8.41. The Balaban J connectivity index is 1.93. The van der Waals surface area contributed by atoms with Crippen LogP contribution in [0.4, 0.5) is 0 Å². The molecule has 0 saturated heterocycles. The number of hydrogen-bond donors (Lipinski definition) is 1. The quantitative estimate of drug-likeness (QED) is 0.775. The average Bonchev–Trinajstić information content (AvgIpc) is 2.91. The molecule has 0 aliphatic carbocycles. The lowest BCUT2D eigenvalue weighted by Crippen LogP contribution is -2.10. The molecule has 1 aromatic carbocycles. The Morgan fingerprint density at radius 1 is 1.16 bits per heavy atom. The molecule has 0 spiro atoms. The Hall–Kier alpha value is -0.970. The van der Waals surface area contributed by atoms with Gasteiger partial charge in [0.25, 0.3) is 0 Å². The van der Waals surface area contributed by atoms with Crippen LogP contribution in [0.5, 0.6) is 5.75 Å². The molecule has 0 aliphatic rings. The molecule has 102 valence electrons. The Bertz CT molecular complexity index is 510. The second kappa shape index (κ2) is 7.58. The largest absolute Gasteiger partial charge is 0.487 e. The third-order valence-electron chi connectivity index (χ3n) is 2.71. The van der Waals surface area contributed by atoms with Crippen LogP contribution in [-0.2, 0) is 13.2 Å². The highest BCUT2D eigenvalue weighted by Crippen LogP contribution is 2.28. The minimum atomic E-state index is 0.647. The summed E-state index contributed by atoms with van der Waals surface area (Å²) in [5.74, 6) is 0.969. The van der Waals surface area contributed by atoms with E-state index in [1.165, 1.54) is 14.6 Å². The predicted molar refractivity (Wildman–Crippen MR) is 84.3 cm³/mol. The van der Waals surface area contributed by atoms with Crippen molar-refractivity contribution in [3.8, 4) is 5.75 Å². The van der Waals surface area contributed by atoms with Crippen LogP contribution in [0.2, 0.25) is 0 Å². The van der Waals surface area contributed by atoms with Crippen LogP contribution >= 0.6 is 23.1 Å². The first-order chi connectivity index (χ1) is 9.33. The molecule has 0 amide bonds. The Morgan fingerprint density at radius 3 is 2.74 bits per heavy atom. The monoisotopic (exact) mass is 293 g/mol. The first kappa shape index (κ1) is 14.4. The number of hydrogen-bond acceptors (Lipinski definition) is 4. The Kier molecular flexibility index (Phi) is 5.76. The van der Waals surface area contributed by atoms with Crippen LogP contribution in [0.15, 0.2) is 41.3 Å². The maximum Gasteiger partial charge on any atom is 0.133 e. The van der Waals surface area contributed by atoms with E-state index >= 15 is 0 Å². The second-order valence-electron chi connectivity index (χ2n) is 4.09. The van der Waals surface area contributed by atoms with Crippen LogP contribution in [-0.4, -0.2) is 12.8 Å². The van der Waals surface area contributed by atoms with Gasteiger partial charge in [0, 0.05) is 21.2 Å². The molecule has 0 atom stereocenters. The molecule has 0 fully saturated rings. The lowest BCUT2D eigenvalue weighted by atomic mass is 10.3. The summed E-state index contributed by atoms with van der Waals surface area (Å²) >= 11 is 3.53. The summed E-state index contributed by atoms with van der Waals surface area (Å²) < 4.78 is 5.90. The zero-order valence-corrected chi connectivity index (χ0v) is 12.9. The summed E-state index contributed by atoms with van der Waals surface area (Å²) in [4.78, 5) is 3.81. The zero-order valence-electron chi connectivity index (χ0n) is 11.3. The topological polar surface area (TPSA) is 21.3 Å². The molecule has 1 aromatic heterocycles. The average molecular weight is 293 g/mol. The van der Waals surface area contributed by atoms with Gasteiger partial charge in [-0.05, 0) is 37.1 Å². The highest BCUT2D eigenvalue weighted by molar-refractivity contribution is 7.98. The van der Waals surface area contributed by atoms with Crippen molar-refractivity contribution in [2.75, 3.05) is 12.8 Å². The van der Waals surface area contributed by atoms with E-state index in [1.54, 1.807) is 11.8 Å². The molecule has 1 N–H and O–H groups in total. The van der Waals surface area contributed by atoms with Gasteiger partial charge >= 0.3 is 0 Å². The van der Waals surface area contributed by atoms with Crippen molar-refractivity contribution >= 4 is 23.1 Å². The molecule has 0 unspecified atom stereocenters. The molecule has 2 aromatic rings. The predicted octanol–water partition coefficient (Wildman–Crippen LogP) is 4.16. The number of nitrogens with one attached hydrogen (secondary N) is 1. The van der Waals surface area contributed by atoms with E-state index in [1.807, 2.05) is 29.5 Å². The summed E-state index contributed by atoms with van der Waals surface area (Å²) in [5, 5.41) is 3.34. The Labute approximate surface area is 123 Å². The van der Waals surface area contributed by atoms with Crippen molar-refractivity contribution in [2.45, 2.75) is 25.0 Å². The number of ether oxygens (including phenoxy) is 1. The SMILES string of the molecule is CCNCc1ccc(COc2ccccc2SC)s1. The maximum absolute atomic E-state index is 5.90. The van der Waals surface area contributed by atoms with Crippen molar-refractivity contribution in [2.24, 2.45) is 0 Å². The van der Waals surface area contributed by atoms with Gasteiger partial charge in [-0.2, -0.15) is 0 Å². The minimum Gasteiger partial charge on any atom is -0.487 e. The standard InChI is InChI=1S/C15H19NOS2/c1-3-16-10-12-8-9-13(19-12)11-17-14-6-4-5-7-15(14)18-2/h4-9,16H,3,10-11H2,1-2H3. The van der Waals surface area contributed by atoms with Gasteiger partial charge < -0.3 is 10.1 Å². The first-order valence-electron chi connectivity index (χ1n) is 6.37. The zero-order chi connectivity index (χ0) is 13.5. The number of para-hydroxylation sites is 1. The maximum atomic E-state index is 5.90. The minimum absolute atomic E-state index is 0.647. The molecule has 2 nitrogen and oxygen atoms in total. The van der Waals surface area contributed by atoms with Gasteiger partial charge in [-0.1, -0.05) is 19.1 Å². The van der Waals surface area contributed by atoms with Crippen molar-refractivity contribution in [3.63, 3.8) is 0 Å². The molecular weight excluding hydrogens is 274 g/mol. The highest BCUT2D eigenvalue weighted by atomic mass is 32.2. The van der Waals surface area contributed by atoms with Gasteiger partial charge in [0.15, 0.2) is 0 Å². The van der Waals surface area contributed by atoms with Crippen molar-refractivity contribution in [1.82, 2.24) is 5.32 Å². The van der Waals surface area contributed by atoms with Crippen molar-refractivity contribution in [1.29, 1.82) is 0 Å². The van der Waals surface area contributed by atoms with Crippen molar-refractivity contribution < 1.29 is 4.74 Å². The summed E-state index contributed by atoms with van der Waals surface area (Å²) in [6.45, 7) is 4.72. The van der Waals surface area contributed by atoms with Gasteiger partial charge in [0.2, 0.25) is 0 Å². The summed E-state index contributed by atoms with van der Waals surface area (Å²) in [6.07, 6.45) is 2.07. The summed E-state index contributed by atoms with van der Waals surface area (Å²) in [6, 6.07) is 12.5. The molecule has 0 saturated carbocycles. The van der Waals surface area contributed by atoms with Crippen LogP contribution in [0, 0.1) is 0 Å². The van der Waals surface area contributed by atoms with Crippen LogP contribution in [0.3, 0.4) is 0 Å². The lowest BCUT2D eigenvalue weighted by molar-refractivity contribution is 0.302. The molecular formula is C15H19NOS2. The fourth-order valence-corrected chi connectivity index (χ4v) is 3.17. The lowest BCUT2D eigenvalue weighted by Gasteiger charge is -2.08. The normalized spacial score (nSPS) is 10.6. The van der Waals surface area contributed by atoms with Crippen LogP contribution in [0.1, 0.15) is 16.7 Å². The molecule has 0 aliphatic heterocycles. The smallest absolute Gasteiger partial charge is 0.133 e. The van der Waals surface area contributed by atoms with Gasteiger partial charge in [-0.25, -0.2) is 0 Å². The van der Waals surface area contributed by atoms with Gasteiger partial charge in [-0.3, -0.25) is 0 Å². The number of thioether (sulfide) groups is 1. The van der Waals surface area contributed by atoms with Crippen LogP contribution < -0.4 is 10.1 Å². The molecule has 1 heterocycles.